The molecule has 0 saturated carbocycles. The normalized spacial score (nSPS) is 17.4. The molecule has 1 aliphatic carbocycles. The van der Waals surface area contributed by atoms with Gasteiger partial charge in [-0.15, -0.1) is 0 Å². The molecule has 1 heterocycles. The van der Waals surface area contributed by atoms with E-state index < -0.39 is 0 Å². The van der Waals surface area contributed by atoms with Crippen molar-refractivity contribution in [3.05, 3.63) is 29.3 Å². The first-order valence-corrected chi connectivity index (χ1v) is 10.3. The van der Waals surface area contributed by atoms with E-state index in [0.29, 0.717) is 13.2 Å². The summed E-state index contributed by atoms with van der Waals surface area (Å²) in [6.07, 6.45) is 9.97. The molecule has 0 spiro atoms. The van der Waals surface area contributed by atoms with E-state index in [0.717, 1.165) is 31.7 Å². The molecule has 2 amide bonds. The largest absolute Gasteiger partial charge is 0.492 e. The van der Waals surface area contributed by atoms with Crippen molar-refractivity contribution < 1.29 is 9.53 Å². The molecule has 1 fully saturated rings. The first-order valence-electron chi connectivity index (χ1n) is 10.3. The zero-order valence-electron chi connectivity index (χ0n) is 15.9. The van der Waals surface area contributed by atoms with Crippen LogP contribution in [-0.4, -0.2) is 50.3 Å². The fourth-order valence-corrected chi connectivity index (χ4v) is 3.90. The average Bonchev–Trinajstić information content (AvgIpc) is 2.96. The van der Waals surface area contributed by atoms with E-state index in [1.807, 2.05) is 6.07 Å². The lowest BCUT2D eigenvalue weighted by Gasteiger charge is -2.19. The van der Waals surface area contributed by atoms with Crippen molar-refractivity contribution in [2.24, 2.45) is 0 Å². The lowest BCUT2D eigenvalue weighted by Crippen LogP contribution is -2.39. The molecule has 0 bridgehead atoms. The van der Waals surface area contributed by atoms with Gasteiger partial charge in [0, 0.05) is 6.54 Å². The van der Waals surface area contributed by atoms with Gasteiger partial charge in [-0.1, -0.05) is 18.9 Å². The van der Waals surface area contributed by atoms with Crippen LogP contribution in [0.4, 0.5) is 4.79 Å². The van der Waals surface area contributed by atoms with Gasteiger partial charge in [-0.05, 0) is 81.4 Å². The molecule has 2 aliphatic rings. The molecule has 1 aromatic carbocycles. The van der Waals surface area contributed by atoms with Crippen LogP contribution < -0.4 is 15.4 Å². The summed E-state index contributed by atoms with van der Waals surface area (Å²) >= 11 is 0. The minimum atomic E-state index is -0.0987. The Kier molecular flexibility index (Phi) is 7.62. The Labute approximate surface area is 157 Å². The highest BCUT2D eigenvalue weighted by atomic mass is 16.5. The number of fused-ring (bicyclic) bond motifs is 1. The van der Waals surface area contributed by atoms with Gasteiger partial charge in [-0.3, -0.25) is 0 Å². The Morgan fingerprint density at radius 3 is 2.58 bits per heavy atom. The van der Waals surface area contributed by atoms with Gasteiger partial charge in [0.1, 0.15) is 12.4 Å². The molecule has 1 aliphatic heterocycles. The number of urea groups is 1. The molecule has 5 nitrogen and oxygen atoms in total. The Bertz CT molecular complexity index is 568. The van der Waals surface area contributed by atoms with Crippen LogP contribution in [0.1, 0.15) is 49.7 Å². The van der Waals surface area contributed by atoms with Gasteiger partial charge in [0.05, 0.1) is 6.54 Å². The third-order valence-corrected chi connectivity index (χ3v) is 5.36. The number of benzene rings is 1. The summed E-state index contributed by atoms with van der Waals surface area (Å²) < 4.78 is 5.75. The average molecular weight is 360 g/mol. The molecule has 0 radical (unpaired) electrons. The summed E-state index contributed by atoms with van der Waals surface area (Å²) in [5.41, 5.74) is 2.87. The van der Waals surface area contributed by atoms with Crippen molar-refractivity contribution >= 4 is 6.03 Å². The molecule has 3 rings (SSSR count). The number of amides is 2. The summed E-state index contributed by atoms with van der Waals surface area (Å²) in [7, 11) is 0. The molecule has 26 heavy (non-hydrogen) atoms. The number of carbonyl (C=O) groups excluding carboxylic acids is 1. The smallest absolute Gasteiger partial charge is 0.314 e. The second-order valence-corrected chi connectivity index (χ2v) is 7.42. The summed E-state index contributed by atoms with van der Waals surface area (Å²) in [5.74, 6) is 0.908. The van der Waals surface area contributed by atoms with E-state index in [-0.39, 0.29) is 6.03 Å². The molecule has 0 atom stereocenters. The lowest BCUT2D eigenvalue weighted by atomic mass is 10.1. The molecule has 5 heteroatoms. The summed E-state index contributed by atoms with van der Waals surface area (Å²) in [6, 6.07) is 6.25. The molecule has 1 aromatic rings. The van der Waals surface area contributed by atoms with Crippen molar-refractivity contribution in [1.29, 1.82) is 0 Å². The zero-order valence-corrected chi connectivity index (χ0v) is 15.9. The number of ether oxygens (including phenoxy) is 1. The van der Waals surface area contributed by atoms with Crippen molar-refractivity contribution in [1.82, 2.24) is 15.5 Å². The van der Waals surface area contributed by atoms with E-state index in [1.165, 1.54) is 62.7 Å². The van der Waals surface area contributed by atoms with Crippen LogP contribution in [0.15, 0.2) is 18.2 Å². The summed E-state index contributed by atoms with van der Waals surface area (Å²) in [4.78, 5) is 14.3. The third-order valence-electron chi connectivity index (χ3n) is 5.36. The summed E-state index contributed by atoms with van der Waals surface area (Å²) in [6.45, 7) is 5.27. The maximum Gasteiger partial charge on any atom is 0.314 e. The molecule has 144 valence electrons. The predicted molar refractivity (Wildman–Crippen MR) is 105 cm³/mol. The number of hydrogen-bond donors (Lipinski definition) is 2. The van der Waals surface area contributed by atoms with Gasteiger partial charge < -0.3 is 20.3 Å². The van der Waals surface area contributed by atoms with Crippen LogP contribution in [0.3, 0.4) is 0 Å². The molecule has 0 aromatic heterocycles. The molecular weight excluding hydrogens is 326 g/mol. The topological polar surface area (TPSA) is 53.6 Å². The third kappa shape index (κ3) is 6.20. The van der Waals surface area contributed by atoms with Gasteiger partial charge in [0.25, 0.3) is 0 Å². The number of carbonyl (C=O) groups is 1. The second-order valence-electron chi connectivity index (χ2n) is 7.42. The predicted octanol–water partition coefficient (Wildman–Crippen LogP) is 3.12. The number of nitrogens with one attached hydrogen (secondary N) is 2. The molecular formula is C21H33N3O2. The van der Waals surface area contributed by atoms with E-state index in [1.54, 1.807) is 0 Å². The first-order chi connectivity index (χ1) is 12.8. The summed E-state index contributed by atoms with van der Waals surface area (Å²) in [5, 5.41) is 5.80. The Balaban J connectivity index is 1.22. The van der Waals surface area contributed by atoms with E-state index in [4.69, 9.17) is 4.74 Å². The monoisotopic (exact) mass is 359 g/mol. The number of hydrogen-bond acceptors (Lipinski definition) is 3. The van der Waals surface area contributed by atoms with Crippen molar-refractivity contribution in [2.75, 3.05) is 39.3 Å². The Hall–Kier alpha value is -1.75. The fourth-order valence-electron chi connectivity index (χ4n) is 3.90. The van der Waals surface area contributed by atoms with Crippen LogP contribution in [0, 0.1) is 0 Å². The van der Waals surface area contributed by atoms with E-state index in [2.05, 4.69) is 27.7 Å². The Morgan fingerprint density at radius 1 is 0.962 bits per heavy atom. The van der Waals surface area contributed by atoms with Gasteiger partial charge >= 0.3 is 6.03 Å². The van der Waals surface area contributed by atoms with Gasteiger partial charge in [-0.25, -0.2) is 4.79 Å². The van der Waals surface area contributed by atoms with Crippen molar-refractivity contribution in [3.63, 3.8) is 0 Å². The van der Waals surface area contributed by atoms with E-state index in [9.17, 15) is 4.79 Å². The highest BCUT2D eigenvalue weighted by Crippen LogP contribution is 2.25. The Morgan fingerprint density at radius 2 is 1.73 bits per heavy atom. The lowest BCUT2D eigenvalue weighted by molar-refractivity contribution is 0.234. The van der Waals surface area contributed by atoms with Crippen LogP contribution in [0.5, 0.6) is 5.75 Å². The SMILES string of the molecule is O=C(NCCCN1CCCCCC1)NCCOc1ccc2c(c1)CCC2. The quantitative estimate of drug-likeness (QED) is 0.701. The minimum Gasteiger partial charge on any atom is -0.492 e. The second kappa shape index (κ2) is 10.4. The molecule has 0 unspecified atom stereocenters. The maximum absolute atomic E-state index is 11.8. The number of nitrogens with zero attached hydrogens (tertiary/aromatic N) is 1. The minimum absolute atomic E-state index is 0.0987. The number of aryl methyl sites for hydroxylation is 2. The highest BCUT2D eigenvalue weighted by Gasteiger charge is 2.11. The zero-order chi connectivity index (χ0) is 18.0. The van der Waals surface area contributed by atoms with Crippen LogP contribution in [0.2, 0.25) is 0 Å². The van der Waals surface area contributed by atoms with Crippen molar-refractivity contribution in [3.8, 4) is 5.75 Å². The van der Waals surface area contributed by atoms with Crippen LogP contribution >= 0.6 is 0 Å². The fraction of sp³-hybridized carbons (Fsp3) is 0.667. The van der Waals surface area contributed by atoms with E-state index >= 15 is 0 Å². The number of likely N-dealkylation sites (tertiary alicyclic amines) is 1. The molecule has 2 N–H and O–H groups in total. The first kappa shape index (κ1) is 19.0. The van der Waals surface area contributed by atoms with Crippen LogP contribution in [-0.2, 0) is 12.8 Å². The maximum atomic E-state index is 11.8. The van der Waals surface area contributed by atoms with Gasteiger partial charge in [0.2, 0.25) is 0 Å². The molecule has 1 saturated heterocycles. The standard InChI is InChI=1S/C21H33N3O2/c25-21(22-11-6-15-24-13-3-1-2-4-14-24)23-12-16-26-20-10-9-18-7-5-8-19(18)17-20/h9-10,17H,1-8,11-16H2,(H2,22,23,25). The highest BCUT2D eigenvalue weighted by molar-refractivity contribution is 5.73. The van der Waals surface area contributed by atoms with Crippen LogP contribution in [0.25, 0.3) is 0 Å². The van der Waals surface area contributed by atoms with Crippen molar-refractivity contribution in [2.45, 2.75) is 51.4 Å². The number of rotatable bonds is 8. The van der Waals surface area contributed by atoms with Gasteiger partial charge in [-0.2, -0.15) is 0 Å². The van der Waals surface area contributed by atoms with Gasteiger partial charge in [0.15, 0.2) is 0 Å².